The van der Waals surface area contributed by atoms with Crippen LogP contribution in [0.5, 0.6) is 0 Å². The van der Waals surface area contributed by atoms with Gasteiger partial charge < -0.3 is 0 Å². The summed E-state index contributed by atoms with van der Waals surface area (Å²) < 4.78 is 0. The molecule has 0 bridgehead atoms. The molecule has 0 amide bonds. The average Bonchev–Trinajstić information content (AvgIpc) is 2.42. The lowest BCUT2D eigenvalue weighted by Gasteiger charge is -2.14. The highest BCUT2D eigenvalue weighted by atomic mass is 14.3. The second kappa shape index (κ2) is 6.99. The summed E-state index contributed by atoms with van der Waals surface area (Å²) in [5.41, 5.74) is 3.78. The Bertz CT molecular complexity index is 595. The lowest BCUT2D eigenvalue weighted by Crippen LogP contribution is -2.04. The fraction of sp³-hybridized carbons (Fsp3) is 0.176. The van der Waals surface area contributed by atoms with Crippen LogP contribution in [0.3, 0.4) is 0 Å². The number of nitriles is 2. The molecule has 19 heavy (non-hydrogen) atoms. The van der Waals surface area contributed by atoms with Crippen molar-refractivity contribution >= 4 is 0 Å². The van der Waals surface area contributed by atoms with Gasteiger partial charge in [0.15, 0.2) is 0 Å². The minimum Gasteiger partial charge on any atom is -0.192 e. The molecule has 0 unspecified atom stereocenters. The topological polar surface area (TPSA) is 47.6 Å². The Balaban J connectivity index is 3.66. The van der Waals surface area contributed by atoms with E-state index in [9.17, 15) is 10.5 Å². The van der Waals surface area contributed by atoms with E-state index in [4.69, 9.17) is 0 Å². The van der Waals surface area contributed by atoms with Crippen molar-refractivity contribution in [3.05, 3.63) is 71.8 Å². The third-order valence-electron chi connectivity index (χ3n) is 2.93. The molecule has 0 saturated heterocycles. The van der Waals surface area contributed by atoms with Crippen molar-refractivity contribution in [3.8, 4) is 12.1 Å². The molecular formula is C17H16N2. The number of benzene rings is 1. The molecule has 0 saturated carbocycles. The number of rotatable bonds is 6. The van der Waals surface area contributed by atoms with Crippen LogP contribution >= 0.6 is 0 Å². The predicted molar refractivity (Wildman–Crippen MR) is 77.6 cm³/mol. The molecule has 0 heterocycles. The van der Waals surface area contributed by atoms with Crippen molar-refractivity contribution in [2.24, 2.45) is 0 Å². The van der Waals surface area contributed by atoms with Gasteiger partial charge in [-0.1, -0.05) is 18.2 Å². The maximum Gasteiger partial charge on any atom is 0.0998 e. The van der Waals surface area contributed by atoms with Crippen molar-refractivity contribution in [1.82, 2.24) is 0 Å². The molecule has 0 radical (unpaired) electrons. The van der Waals surface area contributed by atoms with Crippen LogP contribution in [0, 0.1) is 22.7 Å². The van der Waals surface area contributed by atoms with Gasteiger partial charge in [-0.05, 0) is 42.0 Å². The van der Waals surface area contributed by atoms with Gasteiger partial charge in [0, 0.05) is 0 Å². The Labute approximate surface area is 114 Å². The summed E-state index contributed by atoms with van der Waals surface area (Å²) in [7, 11) is 0. The number of hydrogen-bond acceptors (Lipinski definition) is 2. The molecule has 1 aromatic carbocycles. The predicted octanol–water partition coefficient (Wildman–Crippen LogP) is 3.62. The van der Waals surface area contributed by atoms with Gasteiger partial charge in [-0.2, -0.15) is 10.5 Å². The monoisotopic (exact) mass is 248 g/mol. The maximum atomic E-state index is 9.41. The highest BCUT2D eigenvalue weighted by molar-refractivity contribution is 5.57. The van der Waals surface area contributed by atoms with E-state index in [0.29, 0.717) is 30.4 Å². The van der Waals surface area contributed by atoms with Crippen molar-refractivity contribution in [2.75, 3.05) is 0 Å². The summed E-state index contributed by atoms with van der Waals surface area (Å²) in [4.78, 5) is 0. The molecule has 2 nitrogen and oxygen atoms in total. The van der Waals surface area contributed by atoms with Crippen molar-refractivity contribution < 1.29 is 0 Å². The van der Waals surface area contributed by atoms with Gasteiger partial charge in [-0.25, -0.2) is 0 Å². The molecule has 0 aliphatic carbocycles. The van der Waals surface area contributed by atoms with Crippen LogP contribution in [0.25, 0.3) is 0 Å². The summed E-state index contributed by atoms with van der Waals surface area (Å²) in [6, 6.07) is 6.24. The van der Waals surface area contributed by atoms with Crippen LogP contribution < -0.4 is 0 Å². The Hall–Kier alpha value is -2.58. The molecule has 94 valence electrons. The zero-order valence-electron chi connectivity index (χ0n) is 10.9. The van der Waals surface area contributed by atoms with Crippen LogP contribution in [0.4, 0.5) is 0 Å². The SMILES string of the molecule is C=CCc1cc(C#N)c(CC=C)c(C#N)c1CC=C. The van der Waals surface area contributed by atoms with Gasteiger partial charge in [-0.3, -0.25) is 0 Å². The lowest BCUT2D eigenvalue weighted by atomic mass is 9.88. The molecule has 2 heteroatoms. The summed E-state index contributed by atoms with van der Waals surface area (Å²) in [5.74, 6) is 0. The smallest absolute Gasteiger partial charge is 0.0998 e. The summed E-state index contributed by atoms with van der Waals surface area (Å²) in [5, 5.41) is 18.7. The summed E-state index contributed by atoms with van der Waals surface area (Å²) >= 11 is 0. The Morgan fingerprint density at radius 2 is 1.47 bits per heavy atom. The first-order valence-electron chi connectivity index (χ1n) is 6.03. The van der Waals surface area contributed by atoms with Crippen LogP contribution in [0.2, 0.25) is 0 Å². The quantitative estimate of drug-likeness (QED) is 0.722. The largest absolute Gasteiger partial charge is 0.192 e. The first-order valence-corrected chi connectivity index (χ1v) is 6.03. The summed E-state index contributed by atoms with van der Waals surface area (Å²) in [6.07, 6.45) is 7.03. The van der Waals surface area contributed by atoms with E-state index >= 15 is 0 Å². The highest BCUT2D eigenvalue weighted by Crippen LogP contribution is 2.25. The number of nitrogens with zero attached hydrogens (tertiary/aromatic N) is 2. The molecular weight excluding hydrogens is 232 g/mol. The molecule has 0 aromatic heterocycles. The third-order valence-corrected chi connectivity index (χ3v) is 2.93. The van der Waals surface area contributed by atoms with E-state index < -0.39 is 0 Å². The molecule has 0 aliphatic rings. The molecule has 1 rings (SSSR count). The van der Waals surface area contributed by atoms with Gasteiger partial charge in [0.05, 0.1) is 23.3 Å². The standard InChI is InChI=1S/C17H16N2/c1-4-7-13-10-14(11-18)16(9-6-3)17(12-19)15(13)8-5-2/h4-6,10H,1-3,7-9H2. The minimum atomic E-state index is 0.518. The molecule has 0 atom stereocenters. The second-order valence-electron chi connectivity index (χ2n) is 4.12. The van der Waals surface area contributed by atoms with Gasteiger partial charge in [0.1, 0.15) is 0 Å². The Morgan fingerprint density at radius 3 is 1.95 bits per heavy atom. The van der Waals surface area contributed by atoms with E-state index in [1.807, 2.05) is 6.07 Å². The van der Waals surface area contributed by atoms with Crippen LogP contribution in [0.15, 0.2) is 44.0 Å². The maximum absolute atomic E-state index is 9.41. The third kappa shape index (κ3) is 3.00. The van der Waals surface area contributed by atoms with E-state index in [0.717, 1.165) is 16.7 Å². The number of hydrogen-bond donors (Lipinski definition) is 0. The first kappa shape index (κ1) is 14.5. The average molecular weight is 248 g/mol. The normalized spacial score (nSPS) is 9.16. The number of allylic oxidation sites excluding steroid dienone is 3. The lowest BCUT2D eigenvalue weighted by molar-refractivity contribution is 1.10. The van der Waals surface area contributed by atoms with Gasteiger partial charge in [0.2, 0.25) is 0 Å². The Morgan fingerprint density at radius 1 is 0.895 bits per heavy atom. The highest BCUT2D eigenvalue weighted by Gasteiger charge is 2.15. The first-order chi connectivity index (χ1) is 9.23. The van der Waals surface area contributed by atoms with Crippen molar-refractivity contribution in [2.45, 2.75) is 19.3 Å². The van der Waals surface area contributed by atoms with Crippen LogP contribution in [0.1, 0.15) is 27.8 Å². The molecule has 0 aliphatic heterocycles. The van der Waals surface area contributed by atoms with Crippen LogP contribution in [-0.2, 0) is 19.3 Å². The molecule has 0 fully saturated rings. The van der Waals surface area contributed by atoms with E-state index in [-0.39, 0.29) is 0 Å². The summed E-state index contributed by atoms with van der Waals surface area (Å²) in [6.45, 7) is 11.1. The Kier molecular flexibility index (Phi) is 5.33. The molecule has 0 N–H and O–H groups in total. The van der Waals surface area contributed by atoms with Crippen molar-refractivity contribution in [3.63, 3.8) is 0 Å². The fourth-order valence-electron chi connectivity index (χ4n) is 2.13. The minimum absolute atomic E-state index is 0.518. The van der Waals surface area contributed by atoms with Crippen molar-refractivity contribution in [1.29, 1.82) is 10.5 Å². The zero-order chi connectivity index (χ0) is 14.3. The van der Waals surface area contributed by atoms with Gasteiger partial charge >= 0.3 is 0 Å². The molecule has 0 spiro atoms. The van der Waals surface area contributed by atoms with E-state index in [1.165, 1.54) is 0 Å². The zero-order valence-corrected chi connectivity index (χ0v) is 10.9. The van der Waals surface area contributed by atoms with Gasteiger partial charge in [0.25, 0.3) is 0 Å². The van der Waals surface area contributed by atoms with E-state index in [2.05, 4.69) is 31.9 Å². The molecule has 1 aromatic rings. The van der Waals surface area contributed by atoms with E-state index in [1.54, 1.807) is 18.2 Å². The van der Waals surface area contributed by atoms with Crippen LogP contribution in [-0.4, -0.2) is 0 Å². The fourth-order valence-corrected chi connectivity index (χ4v) is 2.13. The van der Waals surface area contributed by atoms with Gasteiger partial charge in [-0.15, -0.1) is 19.7 Å². The second-order valence-corrected chi connectivity index (χ2v) is 4.12.